The average molecular weight is 541 g/mol. The minimum absolute atomic E-state index is 0.0196. The number of rotatable bonds is 5. The number of sulfone groups is 1. The number of halogens is 2. The highest BCUT2D eigenvalue weighted by Gasteiger charge is 2.46. The number of carbonyl (C=O) groups is 1. The third-order valence-electron chi connectivity index (χ3n) is 7.21. The number of hydrogen-bond acceptors (Lipinski definition) is 6. The number of aromatic nitrogens is 2. The summed E-state index contributed by atoms with van der Waals surface area (Å²) < 4.78 is 61.9. The smallest absolute Gasteiger partial charge is 0.408 e. The highest BCUT2D eigenvalue weighted by Crippen LogP contribution is 2.40. The van der Waals surface area contributed by atoms with Gasteiger partial charge in [-0.2, -0.15) is 0 Å². The first-order valence-corrected chi connectivity index (χ1v) is 13.8. The van der Waals surface area contributed by atoms with Gasteiger partial charge in [-0.15, -0.1) is 0 Å². The summed E-state index contributed by atoms with van der Waals surface area (Å²) in [4.78, 5) is 20.1. The second kappa shape index (κ2) is 9.63. The molecule has 4 rings (SSSR count). The third-order valence-corrected chi connectivity index (χ3v) is 9.32. The Bertz CT molecular complexity index is 1300. The highest BCUT2D eigenvalue weighted by atomic mass is 32.2. The summed E-state index contributed by atoms with van der Waals surface area (Å²) in [5, 5.41) is 9.56. The molecule has 1 saturated heterocycles. The maximum Gasteiger partial charge on any atom is 0.408 e. The fourth-order valence-electron chi connectivity index (χ4n) is 5.30. The largest absolute Gasteiger partial charge is 0.465 e. The quantitative estimate of drug-likeness (QED) is 0.614. The van der Waals surface area contributed by atoms with Crippen LogP contribution in [0.15, 0.2) is 23.4 Å². The Balaban J connectivity index is 1.64. The van der Waals surface area contributed by atoms with E-state index in [1.165, 1.54) is 4.90 Å². The molecular weight excluding hydrogens is 506 g/mol. The summed E-state index contributed by atoms with van der Waals surface area (Å²) in [6.07, 6.45) is -1.86. The molecule has 37 heavy (non-hydrogen) atoms. The Kier molecular flexibility index (Phi) is 7.15. The van der Waals surface area contributed by atoms with Crippen LogP contribution in [0.4, 0.5) is 13.6 Å². The molecule has 9 nitrogen and oxygen atoms in total. The van der Waals surface area contributed by atoms with Crippen molar-refractivity contribution in [3.63, 3.8) is 0 Å². The molecule has 2 aliphatic rings. The van der Waals surface area contributed by atoms with Crippen LogP contribution in [0.3, 0.4) is 0 Å². The fraction of sp³-hybridized carbons (Fsp3) is 0.600. The molecule has 3 heterocycles. The van der Waals surface area contributed by atoms with E-state index in [-0.39, 0.29) is 23.4 Å². The van der Waals surface area contributed by atoms with Crippen molar-refractivity contribution in [1.82, 2.24) is 19.4 Å². The Hall–Kier alpha value is -2.57. The van der Waals surface area contributed by atoms with Crippen LogP contribution in [0, 0.1) is 11.6 Å². The van der Waals surface area contributed by atoms with Crippen LogP contribution in [-0.4, -0.2) is 68.4 Å². The molecule has 0 spiro atoms. The van der Waals surface area contributed by atoms with Crippen molar-refractivity contribution in [2.75, 3.05) is 6.61 Å². The summed E-state index contributed by atoms with van der Waals surface area (Å²) >= 11 is 0. The molecule has 12 heteroatoms. The van der Waals surface area contributed by atoms with E-state index in [0.29, 0.717) is 25.2 Å². The molecule has 1 aromatic heterocycles. The molecule has 0 unspecified atom stereocenters. The van der Waals surface area contributed by atoms with E-state index in [0.717, 1.165) is 23.9 Å². The first-order chi connectivity index (χ1) is 17.1. The van der Waals surface area contributed by atoms with Crippen molar-refractivity contribution in [3.05, 3.63) is 46.8 Å². The number of amides is 1. The summed E-state index contributed by atoms with van der Waals surface area (Å²) in [6, 6.07) is 2.05. The van der Waals surface area contributed by atoms with E-state index < -0.39 is 50.5 Å². The molecule has 0 aliphatic carbocycles. The van der Waals surface area contributed by atoms with Gasteiger partial charge in [0.05, 0.1) is 29.3 Å². The van der Waals surface area contributed by atoms with Gasteiger partial charge in [0.15, 0.2) is 0 Å². The number of carboxylic acid groups (broad SMARTS) is 1. The van der Waals surface area contributed by atoms with Gasteiger partial charge in [-0.25, -0.2) is 27.0 Å². The molecular formula is C25H34F2N4O5S. The summed E-state index contributed by atoms with van der Waals surface area (Å²) in [7, 11) is -1.87. The van der Waals surface area contributed by atoms with E-state index in [1.54, 1.807) is 46.2 Å². The number of benzene rings is 1. The van der Waals surface area contributed by atoms with Crippen molar-refractivity contribution in [3.8, 4) is 0 Å². The zero-order valence-electron chi connectivity index (χ0n) is 21.9. The second-order valence-corrected chi connectivity index (χ2v) is 13.4. The van der Waals surface area contributed by atoms with Crippen LogP contribution in [0.25, 0.3) is 0 Å². The van der Waals surface area contributed by atoms with Crippen LogP contribution >= 0.6 is 0 Å². The normalized spacial score (nSPS) is 22.9. The van der Waals surface area contributed by atoms with Gasteiger partial charge in [0.25, 0.3) is 0 Å². The molecule has 0 radical (unpaired) electrons. The van der Waals surface area contributed by atoms with E-state index in [2.05, 4.69) is 9.88 Å². The van der Waals surface area contributed by atoms with Gasteiger partial charge in [-0.3, -0.25) is 9.80 Å². The molecule has 0 bridgehead atoms. The van der Waals surface area contributed by atoms with Crippen molar-refractivity contribution < 1.29 is 31.8 Å². The first-order valence-electron chi connectivity index (χ1n) is 12.2. The lowest BCUT2D eigenvalue weighted by Crippen LogP contribution is -2.58. The number of imidazole rings is 1. The lowest BCUT2D eigenvalue weighted by molar-refractivity contribution is -0.103. The number of fused-ring (bicyclic) bond motifs is 1. The molecule has 1 amide bonds. The molecule has 2 aliphatic heterocycles. The number of hydrogen-bond donors (Lipinski definition) is 1. The Morgan fingerprint density at radius 1 is 1.24 bits per heavy atom. The van der Waals surface area contributed by atoms with Gasteiger partial charge in [0.2, 0.25) is 15.0 Å². The molecule has 1 aromatic carbocycles. The Labute approximate surface area is 216 Å². The van der Waals surface area contributed by atoms with Crippen molar-refractivity contribution in [1.29, 1.82) is 0 Å². The molecule has 0 saturated carbocycles. The average Bonchev–Trinajstić information content (AvgIpc) is 3.34. The SMILES string of the molecule is CC(C)S(=O)(=O)c1nc2c(n1C)CN([C@H]1CO[C@H](c3cc(F)ccc3F)[C@@H](N(C(=O)O)C(C)(C)C)C1)C2. The zero-order valence-corrected chi connectivity index (χ0v) is 22.7. The predicted octanol–water partition coefficient (Wildman–Crippen LogP) is 3.87. The van der Waals surface area contributed by atoms with E-state index in [1.807, 2.05) is 0 Å². The van der Waals surface area contributed by atoms with Crippen LogP contribution in [0.2, 0.25) is 0 Å². The van der Waals surface area contributed by atoms with Crippen molar-refractivity contribution >= 4 is 15.9 Å². The van der Waals surface area contributed by atoms with Crippen LogP contribution in [0.5, 0.6) is 0 Å². The molecule has 204 valence electrons. The van der Waals surface area contributed by atoms with Crippen molar-refractivity contribution in [2.45, 2.75) is 88.3 Å². The number of nitrogens with zero attached hydrogens (tertiary/aromatic N) is 4. The van der Waals surface area contributed by atoms with E-state index >= 15 is 0 Å². The minimum Gasteiger partial charge on any atom is -0.465 e. The standard InChI is InChI=1S/C25H34F2N4O5S/c1-14(2)37(34,35)23-28-19-11-30(12-21(19)29(23)6)16-10-20(31(24(32)33)25(3,4)5)22(36-13-16)17-9-15(26)7-8-18(17)27/h7-9,14,16,20,22H,10-13H2,1-6H3,(H,32,33)/t16-,20+,22-/m1/s1. The summed E-state index contributed by atoms with van der Waals surface area (Å²) in [5.74, 6) is -1.29. The van der Waals surface area contributed by atoms with Crippen molar-refractivity contribution in [2.24, 2.45) is 7.05 Å². The Morgan fingerprint density at radius 2 is 1.92 bits per heavy atom. The summed E-state index contributed by atoms with van der Waals surface area (Å²) in [5.41, 5.74) is 0.579. The highest BCUT2D eigenvalue weighted by molar-refractivity contribution is 7.91. The van der Waals surface area contributed by atoms with E-state index in [4.69, 9.17) is 4.74 Å². The molecule has 1 N–H and O–H groups in total. The van der Waals surface area contributed by atoms with Gasteiger partial charge in [0.1, 0.15) is 17.7 Å². The van der Waals surface area contributed by atoms with Gasteiger partial charge >= 0.3 is 6.09 Å². The van der Waals surface area contributed by atoms with Gasteiger partial charge in [0, 0.05) is 37.3 Å². The molecule has 3 atom stereocenters. The van der Waals surface area contributed by atoms with Crippen LogP contribution < -0.4 is 0 Å². The van der Waals surface area contributed by atoms with Crippen LogP contribution in [-0.2, 0) is 34.7 Å². The monoisotopic (exact) mass is 540 g/mol. The summed E-state index contributed by atoms with van der Waals surface area (Å²) in [6.45, 7) is 9.42. The fourth-order valence-corrected chi connectivity index (χ4v) is 6.45. The third kappa shape index (κ3) is 4.98. The minimum atomic E-state index is -3.55. The van der Waals surface area contributed by atoms with Gasteiger partial charge < -0.3 is 14.4 Å². The first kappa shape index (κ1) is 27.5. The second-order valence-electron chi connectivity index (χ2n) is 11.0. The molecule has 2 aromatic rings. The van der Waals surface area contributed by atoms with E-state index in [9.17, 15) is 27.1 Å². The Morgan fingerprint density at radius 3 is 2.49 bits per heavy atom. The van der Waals surface area contributed by atoms with Gasteiger partial charge in [-0.1, -0.05) is 0 Å². The zero-order chi connectivity index (χ0) is 27.4. The maximum absolute atomic E-state index is 14.8. The lowest BCUT2D eigenvalue weighted by Gasteiger charge is -2.48. The number of ether oxygens (including phenoxy) is 1. The predicted molar refractivity (Wildman–Crippen MR) is 132 cm³/mol. The maximum atomic E-state index is 14.8. The molecule has 1 fully saturated rings. The van der Waals surface area contributed by atoms with Gasteiger partial charge in [-0.05, 0) is 59.2 Å². The topological polar surface area (TPSA) is 105 Å². The van der Waals surface area contributed by atoms with Crippen LogP contribution in [0.1, 0.15) is 64.1 Å². The lowest BCUT2D eigenvalue weighted by atomic mass is 9.88.